The molecule has 0 atom stereocenters. The van der Waals surface area contributed by atoms with Crippen LogP contribution in [0.4, 0.5) is 5.69 Å². The van der Waals surface area contributed by atoms with E-state index in [1.165, 1.54) is 23.1 Å². The van der Waals surface area contributed by atoms with Gasteiger partial charge in [0.1, 0.15) is 12.9 Å². The molecule has 20 heavy (non-hydrogen) atoms. The lowest BCUT2D eigenvalue weighted by Crippen LogP contribution is -2.12. The van der Waals surface area contributed by atoms with Crippen LogP contribution in [0.15, 0.2) is 30.6 Å². The number of carbonyl (C=O) groups is 1. The second-order valence-electron chi connectivity index (χ2n) is 4.81. The second kappa shape index (κ2) is 4.84. The minimum Gasteiger partial charge on any atom is -0.297 e. The number of nitrogens with zero attached hydrogens (tertiary/aromatic N) is 4. The van der Waals surface area contributed by atoms with E-state index in [0.29, 0.717) is 11.4 Å². The van der Waals surface area contributed by atoms with Crippen molar-refractivity contribution < 1.29 is 9.72 Å². The smallest absolute Gasteiger partial charge is 0.270 e. The molecule has 7 heteroatoms. The van der Waals surface area contributed by atoms with Gasteiger partial charge >= 0.3 is 0 Å². The average molecular weight is 272 g/mol. The molecule has 0 aliphatic heterocycles. The maximum absolute atomic E-state index is 11.7. The lowest BCUT2D eigenvalue weighted by Gasteiger charge is -1.98. The number of hydrogen-bond donors (Lipinski definition) is 0. The summed E-state index contributed by atoms with van der Waals surface area (Å²) < 4.78 is 1.48. The lowest BCUT2D eigenvalue weighted by molar-refractivity contribution is -0.384. The third-order valence-electron chi connectivity index (χ3n) is 3.20. The van der Waals surface area contributed by atoms with Crippen molar-refractivity contribution in [3.05, 3.63) is 40.7 Å². The normalized spacial score (nSPS) is 14.2. The van der Waals surface area contributed by atoms with Gasteiger partial charge in [0.2, 0.25) is 0 Å². The van der Waals surface area contributed by atoms with Gasteiger partial charge in [-0.2, -0.15) is 5.10 Å². The van der Waals surface area contributed by atoms with E-state index in [2.05, 4.69) is 10.1 Å². The lowest BCUT2D eigenvalue weighted by atomic mass is 10.2. The number of ketones is 1. The first-order valence-electron chi connectivity index (χ1n) is 6.30. The summed E-state index contributed by atoms with van der Waals surface area (Å²) in [6.45, 7) is 0.215. The number of non-ortho nitro benzene ring substituents is 1. The van der Waals surface area contributed by atoms with E-state index in [9.17, 15) is 14.9 Å². The van der Waals surface area contributed by atoms with E-state index in [0.717, 1.165) is 12.8 Å². The molecule has 0 saturated heterocycles. The molecular weight excluding hydrogens is 260 g/mol. The van der Waals surface area contributed by atoms with E-state index < -0.39 is 4.92 Å². The Morgan fingerprint density at radius 2 is 2.25 bits per heavy atom. The van der Waals surface area contributed by atoms with Gasteiger partial charge in [-0.25, -0.2) is 9.67 Å². The summed E-state index contributed by atoms with van der Waals surface area (Å²) in [5.41, 5.74) is 0.560. The molecule has 0 bridgehead atoms. The summed E-state index contributed by atoms with van der Waals surface area (Å²) in [7, 11) is 0. The Bertz CT molecular complexity index is 676. The minimum atomic E-state index is -0.461. The third kappa shape index (κ3) is 2.56. The minimum absolute atomic E-state index is 0.00657. The molecule has 1 aliphatic carbocycles. The molecule has 1 saturated carbocycles. The SMILES string of the molecule is O=C(Cn1cnc(-c2cccc([N+](=O)[O-])c2)n1)C1CC1. The largest absolute Gasteiger partial charge is 0.297 e. The van der Waals surface area contributed by atoms with Crippen molar-refractivity contribution in [2.24, 2.45) is 5.92 Å². The van der Waals surface area contributed by atoms with Crippen molar-refractivity contribution in [2.45, 2.75) is 19.4 Å². The number of hydrogen-bond acceptors (Lipinski definition) is 5. The van der Waals surface area contributed by atoms with Crippen LogP contribution >= 0.6 is 0 Å². The van der Waals surface area contributed by atoms with Crippen molar-refractivity contribution in [3.8, 4) is 11.4 Å². The van der Waals surface area contributed by atoms with Gasteiger partial charge in [-0.15, -0.1) is 0 Å². The molecule has 0 radical (unpaired) electrons. The van der Waals surface area contributed by atoms with Gasteiger partial charge in [0.05, 0.1) is 4.92 Å². The Labute approximate surface area is 114 Å². The van der Waals surface area contributed by atoms with Crippen LogP contribution in [-0.2, 0) is 11.3 Å². The molecule has 7 nitrogen and oxygen atoms in total. The highest BCUT2D eigenvalue weighted by molar-refractivity contribution is 5.82. The first-order valence-corrected chi connectivity index (χ1v) is 6.30. The highest BCUT2D eigenvalue weighted by Crippen LogP contribution is 2.30. The Kier molecular flexibility index (Phi) is 3.02. The van der Waals surface area contributed by atoms with E-state index >= 15 is 0 Å². The first-order chi connectivity index (χ1) is 9.63. The van der Waals surface area contributed by atoms with Gasteiger partial charge in [-0.1, -0.05) is 12.1 Å². The fourth-order valence-corrected chi connectivity index (χ4v) is 1.96. The van der Waals surface area contributed by atoms with Gasteiger partial charge in [-0.3, -0.25) is 14.9 Å². The summed E-state index contributed by atoms with van der Waals surface area (Å²) in [5.74, 6) is 0.734. The van der Waals surface area contributed by atoms with Crippen molar-refractivity contribution in [1.82, 2.24) is 14.8 Å². The van der Waals surface area contributed by atoms with Crippen LogP contribution in [0.2, 0.25) is 0 Å². The number of rotatable bonds is 5. The van der Waals surface area contributed by atoms with Gasteiger partial charge in [0.25, 0.3) is 5.69 Å². The van der Waals surface area contributed by atoms with Gasteiger partial charge in [0.15, 0.2) is 11.6 Å². The molecule has 1 aromatic heterocycles. The summed E-state index contributed by atoms with van der Waals surface area (Å²) in [6, 6.07) is 6.12. The fourth-order valence-electron chi connectivity index (χ4n) is 1.96. The molecule has 0 N–H and O–H groups in total. The Hall–Kier alpha value is -2.57. The van der Waals surface area contributed by atoms with Crippen molar-refractivity contribution in [3.63, 3.8) is 0 Å². The highest BCUT2D eigenvalue weighted by Gasteiger charge is 2.29. The third-order valence-corrected chi connectivity index (χ3v) is 3.20. The number of Topliss-reactive ketones (excluding diaryl/α,β-unsaturated/α-hetero) is 1. The number of aromatic nitrogens is 3. The molecule has 1 heterocycles. The molecule has 102 valence electrons. The van der Waals surface area contributed by atoms with Crippen molar-refractivity contribution in [2.75, 3.05) is 0 Å². The predicted octanol–water partition coefficient (Wildman–Crippen LogP) is 1.83. The number of benzene rings is 1. The number of carbonyl (C=O) groups excluding carboxylic acids is 1. The van der Waals surface area contributed by atoms with E-state index in [1.807, 2.05) is 0 Å². The van der Waals surface area contributed by atoms with Crippen molar-refractivity contribution >= 4 is 11.5 Å². The molecule has 1 aliphatic rings. The summed E-state index contributed by atoms with van der Waals surface area (Å²) in [5, 5.41) is 14.9. The maximum atomic E-state index is 11.7. The molecule has 0 unspecified atom stereocenters. The zero-order chi connectivity index (χ0) is 14.1. The molecule has 3 rings (SSSR count). The average Bonchev–Trinajstić information content (AvgIpc) is 3.20. The summed E-state index contributed by atoms with van der Waals surface area (Å²) >= 11 is 0. The number of nitro benzene ring substituents is 1. The van der Waals surface area contributed by atoms with Crippen LogP contribution in [0.5, 0.6) is 0 Å². The van der Waals surface area contributed by atoms with E-state index in [1.54, 1.807) is 12.1 Å². The molecule has 1 aromatic carbocycles. The second-order valence-corrected chi connectivity index (χ2v) is 4.81. The Morgan fingerprint density at radius 1 is 1.45 bits per heavy atom. The summed E-state index contributed by atoms with van der Waals surface area (Å²) in [4.78, 5) is 26.1. The van der Waals surface area contributed by atoms with Gasteiger partial charge in [-0.05, 0) is 12.8 Å². The Morgan fingerprint density at radius 3 is 2.95 bits per heavy atom. The summed E-state index contributed by atoms with van der Waals surface area (Å²) in [6.07, 6.45) is 3.41. The van der Waals surface area contributed by atoms with Crippen molar-refractivity contribution in [1.29, 1.82) is 0 Å². The van der Waals surface area contributed by atoms with Crippen LogP contribution in [0, 0.1) is 16.0 Å². The zero-order valence-electron chi connectivity index (χ0n) is 10.6. The highest BCUT2D eigenvalue weighted by atomic mass is 16.6. The van der Waals surface area contributed by atoms with Crippen LogP contribution in [0.1, 0.15) is 12.8 Å². The van der Waals surface area contributed by atoms with E-state index in [-0.39, 0.29) is 23.9 Å². The maximum Gasteiger partial charge on any atom is 0.270 e. The van der Waals surface area contributed by atoms with E-state index in [4.69, 9.17) is 0 Å². The van der Waals surface area contributed by atoms with Crippen LogP contribution in [0.25, 0.3) is 11.4 Å². The fraction of sp³-hybridized carbons (Fsp3) is 0.308. The topological polar surface area (TPSA) is 90.9 Å². The van der Waals surface area contributed by atoms with Gasteiger partial charge in [0, 0.05) is 23.6 Å². The molecule has 1 fully saturated rings. The monoisotopic (exact) mass is 272 g/mol. The Balaban J connectivity index is 1.80. The van der Waals surface area contributed by atoms with Gasteiger partial charge < -0.3 is 0 Å². The number of nitro groups is 1. The van der Waals surface area contributed by atoms with Crippen LogP contribution in [0.3, 0.4) is 0 Å². The molecule has 0 spiro atoms. The van der Waals surface area contributed by atoms with Crippen LogP contribution in [-0.4, -0.2) is 25.5 Å². The standard InChI is InChI=1S/C13H12N4O3/c18-12(9-4-5-9)7-16-8-14-13(15-16)10-2-1-3-11(6-10)17(19)20/h1-3,6,8-9H,4-5,7H2. The first kappa shape index (κ1) is 12.5. The molecule has 0 amide bonds. The predicted molar refractivity (Wildman–Crippen MR) is 69.8 cm³/mol. The quantitative estimate of drug-likeness (QED) is 0.611. The molecular formula is C13H12N4O3. The van der Waals surface area contributed by atoms with Crippen LogP contribution < -0.4 is 0 Å². The molecule has 2 aromatic rings. The zero-order valence-corrected chi connectivity index (χ0v) is 10.6.